The van der Waals surface area contributed by atoms with Gasteiger partial charge in [-0.05, 0) is 91.1 Å². The lowest BCUT2D eigenvalue weighted by Gasteiger charge is -2.34. The van der Waals surface area contributed by atoms with E-state index in [1.165, 1.54) is 12.1 Å². The van der Waals surface area contributed by atoms with E-state index in [1.54, 1.807) is 28.3 Å². The van der Waals surface area contributed by atoms with E-state index in [2.05, 4.69) is 4.98 Å². The Morgan fingerprint density at radius 3 is 2.50 bits per heavy atom. The summed E-state index contributed by atoms with van der Waals surface area (Å²) in [6, 6.07) is 6.24. The number of piperidine rings is 1. The molecule has 1 aliphatic rings. The molecule has 3 aromatic rings. The average Bonchev–Trinajstić information content (AvgIpc) is 3.22. The maximum Gasteiger partial charge on any atom is 0.410 e. The molecule has 1 fully saturated rings. The molecule has 2 aromatic heterocycles. The lowest BCUT2D eigenvalue weighted by atomic mass is 9.91. The Morgan fingerprint density at radius 1 is 1.13 bits per heavy atom. The third kappa shape index (κ3) is 5.69. The van der Waals surface area contributed by atoms with E-state index < -0.39 is 11.4 Å². The number of hydrogen-bond acceptors (Lipinski definition) is 4. The number of likely N-dealkylation sites (tertiary alicyclic amines) is 1. The van der Waals surface area contributed by atoms with Crippen LogP contribution in [0, 0.1) is 5.82 Å². The summed E-state index contributed by atoms with van der Waals surface area (Å²) in [4.78, 5) is 34.4. The van der Waals surface area contributed by atoms with E-state index in [0.29, 0.717) is 24.3 Å². The van der Waals surface area contributed by atoms with Gasteiger partial charge >= 0.3 is 6.09 Å². The number of aromatic nitrogens is 2. The minimum atomic E-state index is -0.558. The summed E-state index contributed by atoms with van der Waals surface area (Å²) in [6.45, 7) is 14.7. The van der Waals surface area contributed by atoms with Crippen LogP contribution in [0.4, 0.5) is 9.18 Å². The van der Waals surface area contributed by atoms with Gasteiger partial charge in [0.1, 0.15) is 11.4 Å². The first kappa shape index (κ1) is 27.6. The second-order valence-electron chi connectivity index (χ2n) is 11.7. The van der Waals surface area contributed by atoms with Gasteiger partial charge in [0, 0.05) is 48.9 Å². The molecule has 7 nitrogen and oxygen atoms in total. The van der Waals surface area contributed by atoms with E-state index in [4.69, 9.17) is 4.74 Å². The first-order valence-electron chi connectivity index (χ1n) is 13.4. The lowest BCUT2D eigenvalue weighted by molar-refractivity contribution is 0.0198. The summed E-state index contributed by atoms with van der Waals surface area (Å²) >= 11 is 0. The Balaban J connectivity index is 1.78. The van der Waals surface area contributed by atoms with Gasteiger partial charge in [-0.25, -0.2) is 9.18 Å². The average molecular weight is 523 g/mol. The number of benzene rings is 1. The number of fused-ring (bicyclic) bond motifs is 1. The van der Waals surface area contributed by atoms with Crippen LogP contribution in [0.15, 0.2) is 42.9 Å². The Morgan fingerprint density at radius 2 is 1.84 bits per heavy atom. The van der Waals surface area contributed by atoms with Crippen molar-refractivity contribution >= 4 is 22.9 Å². The molecule has 0 saturated carbocycles. The number of rotatable bonds is 5. The molecule has 0 aliphatic carbocycles. The molecule has 1 saturated heterocycles. The number of nitrogens with zero attached hydrogens (tertiary/aromatic N) is 4. The van der Waals surface area contributed by atoms with Crippen LogP contribution in [0.5, 0.6) is 0 Å². The Hall–Kier alpha value is -3.42. The highest BCUT2D eigenvalue weighted by atomic mass is 19.1. The van der Waals surface area contributed by atoms with Crippen molar-refractivity contribution in [2.24, 2.45) is 0 Å². The maximum absolute atomic E-state index is 14.5. The first-order valence-corrected chi connectivity index (χ1v) is 13.4. The SMILES string of the molecule is CC(C)N(C(=O)c1cc(F)ccc1-n1cc(C2CCCN(C(=O)OC(C)(C)C)C2)c2ccncc21)C(C)C. The molecule has 1 unspecified atom stereocenters. The predicted octanol–water partition coefficient (Wildman–Crippen LogP) is 6.54. The van der Waals surface area contributed by atoms with Gasteiger partial charge < -0.3 is 19.1 Å². The number of amides is 2. The van der Waals surface area contributed by atoms with Gasteiger partial charge in [0.25, 0.3) is 5.91 Å². The summed E-state index contributed by atoms with van der Waals surface area (Å²) in [6.07, 6.45) is 7.02. The predicted molar refractivity (Wildman–Crippen MR) is 147 cm³/mol. The van der Waals surface area contributed by atoms with Crippen molar-refractivity contribution in [3.63, 3.8) is 0 Å². The Bertz CT molecular complexity index is 1320. The largest absolute Gasteiger partial charge is 0.444 e. The van der Waals surface area contributed by atoms with E-state index in [9.17, 15) is 14.0 Å². The number of ether oxygens (including phenoxy) is 1. The van der Waals surface area contributed by atoms with Crippen LogP contribution in [-0.2, 0) is 4.74 Å². The topological polar surface area (TPSA) is 67.7 Å². The van der Waals surface area contributed by atoms with E-state index in [-0.39, 0.29) is 30.0 Å². The number of halogens is 1. The highest BCUT2D eigenvalue weighted by molar-refractivity contribution is 5.99. The molecule has 204 valence electrons. The van der Waals surface area contributed by atoms with E-state index in [1.807, 2.05) is 65.3 Å². The molecule has 38 heavy (non-hydrogen) atoms. The second kappa shape index (κ2) is 10.8. The third-order valence-corrected chi connectivity index (χ3v) is 6.95. The molecule has 0 radical (unpaired) electrons. The summed E-state index contributed by atoms with van der Waals surface area (Å²) in [7, 11) is 0. The van der Waals surface area contributed by atoms with Crippen molar-refractivity contribution in [1.29, 1.82) is 0 Å². The van der Waals surface area contributed by atoms with Crippen LogP contribution >= 0.6 is 0 Å². The molecule has 1 aromatic carbocycles. The molecule has 2 amide bonds. The highest BCUT2D eigenvalue weighted by Crippen LogP contribution is 2.36. The molecule has 4 rings (SSSR count). The van der Waals surface area contributed by atoms with Crippen LogP contribution in [0.1, 0.15) is 83.1 Å². The quantitative estimate of drug-likeness (QED) is 0.382. The summed E-state index contributed by atoms with van der Waals surface area (Å²) in [5.74, 6) is -0.588. The van der Waals surface area contributed by atoms with Crippen LogP contribution in [0.3, 0.4) is 0 Å². The van der Waals surface area contributed by atoms with E-state index in [0.717, 1.165) is 29.3 Å². The monoisotopic (exact) mass is 522 g/mol. The number of carbonyl (C=O) groups is 2. The Kier molecular flexibility index (Phi) is 7.81. The fraction of sp³-hybridized carbons (Fsp3) is 0.500. The van der Waals surface area contributed by atoms with E-state index >= 15 is 0 Å². The Labute approximate surface area is 224 Å². The van der Waals surface area contributed by atoms with Crippen molar-refractivity contribution in [1.82, 2.24) is 19.4 Å². The van der Waals surface area contributed by atoms with Crippen LogP contribution in [0.25, 0.3) is 16.6 Å². The summed E-state index contributed by atoms with van der Waals surface area (Å²) in [5, 5.41) is 1.00. The van der Waals surface area contributed by atoms with Crippen molar-refractivity contribution < 1.29 is 18.7 Å². The van der Waals surface area contributed by atoms with Gasteiger partial charge in [-0.1, -0.05) is 0 Å². The third-order valence-electron chi connectivity index (χ3n) is 6.95. The molecule has 3 heterocycles. The number of pyridine rings is 1. The molecule has 0 N–H and O–H groups in total. The van der Waals surface area contributed by atoms with Gasteiger partial charge in [-0.15, -0.1) is 0 Å². The minimum Gasteiger partial charge on any atom is -0.444 e. The zero-order chi connectivity index (χ0) is 27.8. The highest BCUT2D eigenvalue weighted by Gasteiger charge is 2.31. The van der Waals surface area contributed by atoms with Crippen molar-refractivity contribution in [2.75, 3.05) is 13.1 Å². The van der Waals surface area contributed by atoms with Crippen molar-refractivity contribution in [3.8, 4) is 5.69 Å². The van der Waals surface area contributed by atoms with Crippen molar-refractivity contribution in [3.05, 3.63) is 59.8 Å². The van der Waals surface area contributed by atoms with Gasteiger partial charge in [0.2, 0.25) is 0 Å². The first-order chi connectivity index (χ1) is 17.9. The number of hydrogen-bond donors (Lipinski definition) is 0. The van der Waals surface area contributed by atoms with Crippen molar-refractivity contribution in [2.45, 2.75) is 84.9 Å². The molecular weight excluding hydrogens is 483 g/mol. The smallest absolute Gasteiger partial charge is 0.410 e. The molecular formula is C30H39FN4O3. The maximum atomic E-state index is 14.5. The standard InChI is InChI=1S/C30H39FN4O3/c1-19(2)35(20(3)4)28(36)24-15-22(31)10-11-26(24)34-18-25(23-12-13-32-16-27(23)34)21-9-8-14-33(17-21)29(37)38-30(5,6)7/h10-13,15-16,18-21H,8-9,14,17H2,1-7H3. The normalized spacial score (nSPS) is 16.4. The second-order valence-corrected chi connectivity index (χ2v) is 11.7. The van der Waals surface area contributed by atoms with Crippen LogP contribution in [0.2, 0.25) is 0 Å². The van der Waals surface area contributed by atoms with Gasteiger partial charge in [0.15, 0.2) is 0 Å². The molecule has 1 aliphatic heterocycles. The molecule has 1 atom stereocenters. The van der Waals surface area contributed by atoms with Gasteiger partial charge in [0.05, 0.1) is 23.0 Å². The fourth-order valence-electron chi connectivity index (χ4n) is 5.44. The summed E-state index contributed by atoms with van der Waals surface area (Å²) in [5.41, 5.74) is 2.25. The number of carbonyl (C=O) groups excluding carboxylic acids is 2. The fourth-order valence-corrected chi connectivity index (χ4v) is 5.44. The minimum absolute atomic E-state index is 0.0432. The van der Waals surface area contributed by atoms with Gasteiger partial charge in [-0.3, -0.25) is 9.78 Å². The van der Waals surface area contributed by atoms with Crippen LogP contribution in [-0.4, -0.2) is 62.1 Å². The van der Waals surface area contributed by atoms with Crippen LogP contribution < -0.4 is 0 Å². The molecule has 0 spiro atoms. The zero-order valence-corrected chi connectivity index (χ0v) is 23.5. The zero-order valence-electron chi connectivity index (χ0n) is 23.5. The molecule has 8 heteroatoms. The summed E-state index contributed by atoms with van der Waals surface area (Å²) < 4.78 is 22.1. The molecule has 0 bridgehead atoms. The van der Waals surface area contributed by atoms with Gasteiger partial charge in [-0.2, -0.15) is 0 Å². The lowest BCUT2D eigenvalue weighted by Crippen LogP contribution is -2.42.